The van der Waals surface area contributed by atoms with E-state index < -0.39 is 0 Å². The summed E-state index contributed by atoms with van der Waals surface area (Å²) in [5.41, 5.74) is 1.06. The van der Waals surface area contributed by atoms with Crippen molar-refractivity contribution in [2.75, 3.05) is 12.5 Å². The molecule has 1 aromatic heterocycles. The van der Waals surface area contributed by atoms with Crippen LogP contribution in [-0.4, -0.2) is 33.5 Å². The van der Waals surface area contributed by atoms with Gasteiger partial charge in [-0.2, -0.15) is 5.10 Å². The Labute approximate surface area is 119 Å². The van der Waals surface area contributed by atoms with Gasteiger partial charge in [-0.05, 0) is 44.6 Å². The van der Waals surface area contributed by atoms with Gasteiger partial charge in [0.05, 0.1) is 6.10 Å². The van der Waals surface area contributed by atoms with E-state index >= 15 is 0 Å². The fourth-order valence-corrected chi connectivity index (χ4v) is 2.69. The molecule has 2 unspecified atom stereocenters. The van der Waals surface area contributed by atoms with Gasteiger partial charge >= 0.3 is 0 Å². The molecule has 2 rings (SSSR count). The number of hydrogen-bond donors (Lipinski definition) is 1. The summed E-state index contributed by atoms with van der Waals surface area (Å²) in [6.07, 6.45) is 8.22. The fraction of sp³-hybridized carbons (Fsp3) is 0.786. The summed E-state index contributed by atoms with van der Waals surface area (Å²) >= 11 is 5.64. The van der Waals surface area contributed by atoms with Crippen LogP contribution in [0.15, 0.2) is 12.3 Å². The van der Waals surface area contributed by atoms with E-state index in [0.717, 1.165) is 44.4 Å². The van der Waals surface area contributed by atoms with Crippen LogP contribution in [0.4, 0.5) is 0 Å². The first-order chi connectivity index (χ1) is 9.31. The molecule has 1 aliphatic heterocycles. The first-order valence-electron chi connectivity index (χ1n) is 7.19. The Hall–Kier alpha value is -0.580. The van der Waals surface area contributed by atoms with Crippen molar-refractivity contribution in [2.24, 2.45) is 0 Å². The summed E-state index contributed by atoms with van der Waals surface area (Å²) in [7, 11) is 0. The highest BCUT2D eigenvalue weighted by molar-refractivity contribution is 6.17. The van der Waals surface area contributed by atoms with Crippen molar-refractivity contribution >= 4 is 11.6 Å². The average molecular weight is 287 g/mol. The highest BCUT2D eigenvalue weighted by Crippen LogP contribution is 2.23. The highest BCUT2D eigenvalue weighted by Gasteiger charge is 2.19. The third-order valence-corrected chi connectivity index (χ3v) is 3.81. The molecule has 0 aliphatic carbocycles. The summed E-state index contributed by atoms with van der Waals surface area (Å²) in [4.78, 5) is 0. The van der Waals surface area contributed by atoms with Crippen molar-refractivity contribution < 1.29 is 9.84 Å². The lowest BCUT2D eigenvalue weighted by molar-refractivity contribution is -0.0418. The Kier molecular flexibility index (Phi) is 6.14. The predicted octanol–water partition coefficient (Wildman–Crippen LogP) is 2.89. The maximum atomic E-state index is 10.0. The number of nitrogens with zero attached hydrogens (tertiary/aromatic N) is 2. The zero-order chi connectivity index (χ0) is 13.5. The van der Waals surface area contributed by atoms with E-state index in [4.69, 9.17) is 16.3 Å². The fourth-order valence-electron chi connectivity index (χ4n) is 2.50. The number of aliphatic hydroxyl groups excluding tert-OH is 1. The van der Waals surface area contributed by atoms with Crippen molar-refractivity contribution in [2.45, 2.75) is 57.3 Å². The second-order valence-electron chi connectivity index (χ2n) is 5.13. The summed E-state index contributed by atoms with van der Waals surface area (Å²) in [6, 6.07) is 1.97. The molecule has 4 nitrogen and oxygen atoms in total. The van der Waals surface area contributed by atoms with E-state index in [2.05, 4.69) is 5.10 Å². The largest absolute Gasteiger partial charge is 0.393 e. The van der Waals surface area contributed by atoms with Crippen LogP contribution in [-0.2, 0) is 11.2 Å². The zero-order valence-corrected chi connectivity index (χ0v) is 12.1. The normalized spacial score (nSPS) is 21.5. The van der Waals surface area contributed by atoms with Gasteiger partial charge < -0.3 is 9.84 Å². The molecule has 1 N–H and O–H groups in total. The topological polar surface area (TPSA) is 47.3 Å². The van der Waals surface area contributed by atoms with Gasteiger partial charge in [-0.3, -0.25) is 0 Å². The molecular formula is C14H23ClN2O2. The van der Waals surface area contributed by atoms with Crippen LogP contribution in [0.5, 0.6) is 0 Å². The van der Waals surface area contributed by atoms with Crippen molar-refractivity contribution in [3.63, 3.8) is 0 Å². The number of alkyl halides is 1. The Balaban J connectivity index is 1.87. The molecule has 2 heterocycles. The van der Waals surface area contributed by atoms with E-state index in [-0.39, 0.29) is 12.3 Å². The van der Waals surface area contributed by atoms with Crippen LogP contribution in [0.2, 0.25) is 0 Å². The van der Waals surface area contributed by atoms with Crippen LogP contribution in [0.3, 0.4) is 0 Å². The van der Waals surface area contributed by atoms with Crippen molar-refractivity contribution in [3.8, 4) is 0 Å². The van der Waals surface area contributed by atoms with Crippen molar-refractivity contribution in [1.29, 1.82) is 0 Å². The molecule has 1 aromatic rings. The molecule has 0 amide bonds. The molecule has 2 atom stereocenters. The molecule has 0 aromatic carbocycles. The standard InChI is InChI=1S/C14H23ClN2O2/c15-8-3-1-5-13(18)11-12-7-9-16-17(12)14-6-2-4-10-19-14/h7,9,13-14,18H,1-6,8,10-11H2. The van der Waals surface area contributed by atoms with Gasteiger partial charge in [0, 0.05) is 30.8 Å². The quantitative estimate of drug-likeness (QED) is 0.619. The lowest BCUT2D eigenvalue weighted by atomic mass is 10.1. The molecule has 0 saturated carbocycles. The third kappa shape index (κ3) is 4.48. The minimum atomic E-state index is -0.317. The van der Waals surface area contributed by atoms with E-state index in [1.807, 2.05) is 10.7 Å². The molecule has 1 fully saturated rings. The number of rotatable bonds is 7. The van der Waals surface area contributed by atoms with Crippen molar-refractivity contribution in [3.05, 3.63) is 18.0 Å². The number of aromatic nitrogens is 2. The lowest BCUT2D eigenvalue weighted by Gasteiger charge is -2.25. The summed E-state index contributed by atoms with van der Waals surface area (Å²) in [5.74, 6) is 0.667. The summed E-state index contributed by atoms with van der Waals surface area (Å²) < 4.78 is 7.68. The molecule has 5 heteroatoms. The van der Waals surface area contributed by atoms with E-state index in [0.29, 0.717) is 12.3 Å². The molecule has 0 radical (unpaired) electrons. The number of unbranched alkanes of at least 4 members (excludes halogenated alkanes) is 1. The summed E-state index contributed by atoms with van der Waals surface area (Å²) in [5, 5.41) is 14.4. The van der Waals surface area contributed by atoms with Gasteiger partial charge in [0.15, 0.2) is 0 Å². The van der Waals surface area contributed by atoms with E-state index in [1.54, 1.807) is 6.20 Å². The van der Waals surface area contributed by atoms with Crippen LogP contribution >= 0.6 is 11.6 Å². The average Bonchev–Trinajstić information content (AvgIpc) is 2.88. The van der Waals surface area contributed by atoms with E-state index in [9.17, 15) is 5.11 Å². The third-order valence-electron chi connectivity index (χ3n) is 3.55. The lowest BCUT2D eigenvalue weighted by Crippen LogP contribution is -2.23. The minimum absolute atomic E-state index is 0.0498. The van der Waals surface area contributed by atoms with Crippen LogP contribution < -0.4 is 0 Å². The first-order valence-corrected chi connectivity index (χ1v) is 7.72. The Morgan fingerprint density at radius 2 is 2.37 bits per heavy atom. The SMILES string of the molecule is OC(CCCCCl)Cc1ccnn1C1CCCCO1. The molecule has 108 valence electrons. The number of aliphatic hydroxyl groups is 1. The minimum Gasteiger partial charge on any atom is -0.393 e. The molecule has 1 saturated heterocycles. The smallest absolute Gasteiger partial charge is 0.150 e. The monoisotopic (exact) mass is 286 g/mol. The molecule has 0 spiro atoms. The van der Waals surface area contributed by atoms with Gasteiger partial charge in [0.25, 0.3) is 0 Å². The number of hydrogen-bond acceptors (Lipinski definition) is 3. The van der Waals surface area contributed by atoms with Gasteiger partial charge in [0.1, 0.15) is 6.23 Å². The maximum absolute atomic E-state index is 10.0. The first kappa shape index (κ1) is 14.8. The van der Waals surface area contributed by atoms with Gasteiger partial charge in [0.2, 0.25) is 0 Å². The molecule has 1 aliphatic rings. The van der Waals surface area contributed by atoms with Crippen molar-refractivity contribution in [1.82, 2.24) is 9.78 Å². The molecule has 0 bridgehead atoms. The highest BCUT2D eigenvalue weighted by atomic mass is 35.5. The Morgan fingerprint density at radius 1 is 1.47 bits per heavy atom. The van der Waals surface area contributed by atoms with Crippen LogP contribution in [0.1, 0.15) is 50.4 Å². The summed E-state index contributed by atoms with van der Waals surface area (Å²) in [6.45, 7) is 0.808. The molecule has 19 heavy (non-hydrogen) atoms. The Bertz CT molecular complexity index is 364. The second-order valence-corrected chi connectivity index (χ2v) is 5.51. The zero-order valence-electron chi connectivity index (χ0n) is 11.3. The van der Waals surface area contributed by atoms with Gasteiger partial charge in [-0.15, -0.1) is 11.6 Å². The van der Waals surface area contributed by atoms with Crippen LogP contribution in [0.25, 0.3) is 0 Å². The van der Waals surface area contributed by atoms with Gasteiger partial charge in [-0.1, -0.05) is 0 Å². The van der Waals surface area contributed by atoms with Crippen LogP contribution in [0, 0.1) is 0 Å². The molecular weight excluding hydrogens is 264 g/mol. The maximum Gasteiger partial charge on any atom is 0.150 e. The second kappa shape index (κ2) is 7.88. The number of halogens is 1. The predicted molar refractivity (Wildman–Crippen MR) is 75.3 cm³/mol. The van der Waals surface area contributed by atoms with E-state index in [1.165, 1.54) is 6.42 Å². The number of ether oxygens (including phenoxy) is 1. The van der Waals surface area contributed by atoms with Gasteiger partial charge in [-0.25, -0.2) is 4.68 Å². The Morgan fingerprint density at radius 3 is 3.11 bits per heavy atom.